The highest BCUT2D eigenvalue weighted by atomic mass is 19.1. The van der Waals surface area contributed by atoms with Crippen LogP contribution in [-0.4, -0.2) is 10.9 Å². The van der Waals surface area contributed by atoms with Crippen molar-refractivity contribution >= 4 is 11.6 Å². The first kappa shape index (κ1) is 11.3. The number of hydrogen-bond acceptors (Lipinski definition) is 4. The molecular formula is C11H10FN3O2. The molecule has 0 atom stereocenters. The Bertz CT molecular complexity index is 522. The summed E-state index contributed by atoms with van der Waals surface area (Å²) in [6.07, 6.45) is 1.29. The van der Waals surface area contributed by atoms with Crippen LogP contribution in [0.15, 0.2) is 34.9 Å². The van der Waals surface area contributed by atoms with Crippen LogP contribution in [-0.2, 0) is 6.54 Å². The fraction of sp³-hybridized carbons (Fsp3) is 0.0909. The molecule has 0 saturated carbocycles. The van der Waals surface area contributed by atoms with Crippen molar-refractivity contribution in [2.75, 3.05) is 5.32 Å². The molecule has 1 heterocycles. The van der Waals surface area contributed by atoms with Gasteiger partial charge in [-0.1, -0.05) is 0 Å². The van der Waals surface area contributed by atoms with Gasteiger partial charge in [-0.25, -0.2) is 9.37 Å². The number of nitrogens with one attached hydrogen (secondary N) is 1. The molecule has 0 unspecified atom stereocenters. The van der Waals surface area contributed by atoms with E-state index < -0.39 is 5.91 Å². The van der Waals surface area contributed by atoms with Crippen molar-refractivity contribution in [3.63, 3.8) is 0 Å². The summed E-state index contributed by atoms with van der Waals surface area (Å²) in [6.45, 7) is 0.129. The molecular weight excluding hydrogens is 225 g/mol. The molecule has 0 fully saturated rings. The molecule has 3 N–H and O–H groups in total. The number of nitrogens with two attached hydrogens (primary N) is 1. The molecule has 0 aliphatic heterocycles. The highest BCUT2D eigenvalue weighted by Gasteiger charge is 2.11. The summed E-state index contributed by atoms with van der Waals surface area (Å²) in [6, 6.07) is 5.41. The van der Waals surface area contributed by atoms with E-state index in [1.54, 1.807) is 0 Å². The number of aromatic nitrogens is 1. The van der Waals surface area contributed by atoms with E-state index in [0.29, 0.717) is 5.69 Å². The van der Waals surface area contributed by atoms with Gasteiger partial charge in [-0.05, 0) is 24.3 Å². The van der Waals surface area contributed by atoms with Crippen molar-refractivity contribution < 1.29 is 13.6 Å². The Morgan fingerprint density at radius 2 is 2.12 bits per heavy atom. The van der Waals surface area contributed by atoms with E-state index in [0.717, 1.165) is 0 Å². The number of anilines is 1. The third-order valence-corrected chi connectivity index (χ3v) is 2.05. The lowest BCUT2D eigenvalue weighted by atomic mass is 10.3. The van der Waals surface area contributed by atoms with Gasteiger partial charge in [0.15, 0.2) is 0 Å². The van der Waals surface area contributed by atoms with Gasteiger partial charge < -0.3 is 15.5 Å². The molecule has 1 aromatic heterocycles. The summed E-state index contributed by atoms with van der Waals surface area (Å²) in [5.74, 6) is -0.471. The monoisotopic (exact) mass is 235 g/mol. The van der Waals surface area contributed by atoms with Crippen LogP contribution in [0.3, 0.4) is 0 Å². The number of rotatable bonds is 3. The standard InChI is InChI=1S/C11H10FN3O2/c12-7-1-3-8(4-2-7)15-11(16)9-6-14-10(5-13)17-9/h1-4,6H,5,13H2,(H,15,16). The van der Waals surface area contributed by atoms with Gasteiger partial charge in [0, 0.05) is 5.69 Å². The number of amides is 1. The quantitative estimate of drug-likeness (QED) is 0.845. The van der Waals surface area contributed by atoms with Crippen LogP contribution in [0, 0.1) is 5.82 Å². The Balaban J connectivity index is 2.08. The summed E-state index contributed by atoms with van der Waals surface area (Å²) in [5, 5.41) is 2.54. The van der Waals surface area contributed by atoms with E-state index in [1.807, 2.05) is 0 Å². The summed E-state index contributed by atoms with van der Waals surface area (Å²) in [4.78, 5) is 15.4. The fourth-order valence-corrected chi connectivity index (χ4v) is 1.24. The number of halogens is 1. The molecule has 0 spiro atoms. The Kier molecular flexibility index (Phi) is 3.15. The molecule has 0 aliphatic carbocycles. The van der Waals surface area contributed by atoms with Gasteiger partial charge in [-0.15, -0.1) is 0 Å². The van der Waals surface area contributed by atoms with Crippen molar-refractivity contribution in [2.45, 2.75) is 6.54 Å². The van der Waals surface area contributed by atoms with Crippen LogP contribution in [0.2, 0.25) is 0 Å². The van der Waals surface area contributed by atoms with Crippen molar-refractivity contribution in [3.8, 4) is 0 Å². The van der Waals surface area contributed by atoms with Gasteiger partial charge in [-0.2, -0.15) is 0 Å². The SMILES string of the molecule is NCc1ncc(C(=O)Nc2ccc(F)cc2)o1. The minimum Gasteiger partial charge on any atom is -0.434 e. The maximum atomic E-state index is 12.6. The predicted molar refractivity (Wildman–Crippen MR) is 58.7 cm³/mol. The third kappa shape index (κ3) is 2.67. The van der Waals surface area contributed by atoms with Gasteiger partial charge in [0.1, 0.15) is 5.82 Å². The van der Waals surface area contributed by atoms with Crippen LogP contribution < -0.4 is 11.1 Å². The van der Waals surface area contributed by atoms with Crippen LogP contribution in [0.25, 0.3) is 0 Å². The molecule has 2 aromatic rings. The van der Waals surface area contributed by atoms with E-state index in [4.69, 9.17) is 10.2 Å². The molecule has 1 amide bonds. The topological polar surface area (TPSA) is 81.1 Å². The van der Waals surface area contributed by atoms with Crippen molar-refractivity contribution in [1.29, 1.82) is 0 Å². The molecule has 2 rings (SSSR count). The first-order valence-electron chi connectivity index (χ1n) is 4.91. The Morgan fingerprint density at radius 3 is 2.71 bits per heavy atom. The second kappa shape index (κ2) is 4.75. The third-order valence-electron chi connectivity index (χ3n) is 2.05. The van der Waals surface area contributed by atoms with Gasteiger partial charge in [-0.3, -0.25) is 4.79 Å². The molecule has 0 bridgehead atoms. The zero-order chi connectivity index (χ0) is 12.3. The molecule has 5 nitrogen and oxygen atoms in total. The number of carbonyl (C=O) groups excluding carboxylic acids is 1. The van der Waals surface area contributed by atoms with Crippen LogP contribution in [0.4, 0.5) is 10.1 Å². The normalized spacial score (nSPS) is 10.2. The lowest BCUT2D eigenvalue weighted by molar-refractivity contribution is 0.0995. The van der Waals surface area contributed by atoms with E-state index in [2.05, 4.69) is 10.3 Å². The summed E-state index contributed by atoms with van der Waals surface area (Å²) in [5.41, 5.74) is 5.78. The summed E-state index contributed by atoms with van der Waals surface area (Å²) < 4.78 is 17.7. The highest BCUT2D eigenvalue weighted by Crippen LogP contribution is 2.11. The largest absolute Gasteiger partial charge is 0.434 e. The smallest absolute Gasteiger partial charge is 0.293 e. The van der Waals surface area contributed by atoms with Crippen molar-refractivity contribution in [2.24, 2.45) is 5.73 Å². The number of oxazole rings is 1. The number of benzene rings is 1. The van der Waals surface area contributed by atoms with Crippen molar-refractivity contribution in [1.82, 2.24) is 4.98 Å². The van der Waals surface area contributed by atoms with Gasteiger partial charge in [0.25, 0.3) is 5.91 Å². The molecule has 1 aromatic carbocycles. The number of carbonyl (C=O) groups is 1. The first-order chi connectivity index (χ1) is 8.19. The molecule has 88 valence electrons. The highest BCUT2D eigenvalue weighted by molar-refractivity contribution is 6.01. The zero-order valence-electron chi connectivity index (χ0n) is 8.81. The Hall–Kier alpha value is -2.21. The van der Waals surface area contributed by atoms with E-state index in [-0.39, 0.29) is 24.0 Å². The first-order valence-corrected chi connectivity index (χ1v) is 4.91. The lowest BCUT2D eigenvalue weighted by Crippen LogP contribution is -2.10. The fourth-order valence-electron chi connectivity index (χ4n) is 1.24. The zero-order valence-corrected chi connectivity index (χ0v) is 8.81. The average molecular weight is 235 g/mol. The van der Waals surface area contributed by atoms with Crippen LogP contribution in [0.1, 0.15) is 16.4 Å². The van der Waals surface area contributed by atoms with Crippen molar-refractivity contribution in [3.05, 3.63) is 47.9 Å². The Morgan fingerprint density at radius 1 is 1.41 bits per heavy atom. The summed E-state index contributed by atoms with van der Waals surface area (Å²) >= 11 is 0. The molecule has 0 aliphatic rings. The second-order valence-electron chi connectivity index (χ2n) is 3.28. The van der Waals surface area contributed by atoms with E-state index in [1.165, 1.54) is 30.5 Å². The van der Waals surface area contributed by atoms with Gasteiger partial charge >= 0.3 is 0 Å². The molecule has 0 saturated heterocycles. The summed E-state index contributed by atoms with van der Waals surface area (Å²) in [7, 11) is 0. The molecule has 0 radical (unpaired) electrons. The minimum absolute atomic E-state index is 0.0646. The Labute approximate surface area is 96.4 Å². The number of hydrogen-bond donors (Lipinski definition) is 2. The maximum Gasteiger partial charge on any atom is 0.293 e. The maximum absolute atomic E-state index is 12.6. The van der Waals surface area contributed by atoms with Crippen LogP contribution in [0.5, 0.6) is 0 Å². The second-order valence-corrected chi connectivity index (χ2v) is 3.28. The van der Waals surface area contributed by atoms with E-state index in [9.17, 15) is 9.18 Å². The molecule has 17 heavy (non-hydrogen) atoms. The average Bonchev–Trinajstić information content (AvgIpc) is 2.81. The van der Waals surface area contributed by atoms with Gasteiger partial charge in [0.2, 0.25) is 11.7 Å². The van der Waals surface area contributed by atoms with E-state index >= 15 is 0 Å². The van der Waals surface area contributed by atoms with Gasteiger partial charge in [0.05, 0.1) is 12.7 Å². The predicted octanol–water partition coefficient (Wildman–Crippen LogP) is 1.52. The lowest BCUT2D eigenvalue weighted by Gasteiger charge is -2.01. The molecule has 6 heteroatoms. The number of nitrogens with zero attached hydrogens (tertiary/aromatic N) is 1. The van der Waals surface area contributed by atoms with Crippen LogP contribution >= 0.6 is 0 Å². The minimum atomic E-state index is -0.455.